The van der Waals surface area contributed by atoms with Crippen LogP contribution in [0.2, 0.25) is 0 Å². The SMILES string of the molecule is C/C(=C\c1sc(C2=NCCS2)nc1C(=O)NCc1ccc(F)cc1)CO. The number of hydrogen-bond acceptors (Lipinski definition) is 6. The van der Waals surface area contributed by atoms with Crippen LogP contribution in [-0.4, -0.2) is 39.9 Å². The largest absolute Gasteiger partial charge is 0.392 e. The topological polar surface area (TPSA) is 74.6 Å². The zero-order chi connectivity index (χ0) is 18.5. The van der Waals surface area contributed by atoms with Crippen molar-refractivity contribution in [3.8, 4) is 0 Å². The molecule has 1 aromatic heterocycles. The minimum Gasteiger partial charge on any atom is -0.392 e. The van der Waals surface area contributed by atoms with Crippen LogP contribution in [0.3, 0.4) is 0 Å². The second-order valence-electron chi connectivity index (χ2n) is 5.73. The molecule has 0 radical (unpaired) electrons. The molecule has 1 amide bonds. The van der Waals surface area contributed by atoms with Crippen molar-refractivity contribution >= 4 is 40.1 Å². The number of carbonyl (C=O) groups is 1. The van der Waals surface area contributed by atoms with Gasteiger partial charge in [-0.25, -0.2) is 9.37 Å². The second-order valence-corrected chi connectivity index (χ2v) is 7.84. The quantitative estimate of drug-likeness (QED) is 0.794. The van der Waals surface area contributed by atoms with Gasteiger partial charge in [-0.1, -0.05) is 12.1 Å². The highest BCUT2D eigenvalue weighted by Crippen LogP contribution is 2.27. The second kappa shape index (κ2) is 8.57. The fourth-order valence-electron chi connectivity index (χ4n) is 2.29. The van der Waals surface area contributed by atoms with Gasteiger partial charge in [0.25, 0.3) is 5.91 Å². The minimum absolute atomic E-state index is 0.0838. The molecule has 26 heavy (non-hydrogen) atoms. The normalized spacial score (nSPS) is 14.4. The first-order chi connectivity index (χ1) is 12.6. The van der Waals surface area contributed by atoms with Crippen LogP contribution in [0.5, 0.6) is 0 Å². The highest BCUT2D eigenvalue weighted by Gasteiger charge is 2.21. The lowest BCUT2D eigenvalue weighted by Gasteiger charge is -2.04. The fraction of sp³-hybridized carbons (Fsp3) is 0.278. The van der Waals surface area contributed by atoms with Gasteiger partial charge in [0.1, 0.15) is 21.6 Å². The Kier molecular flexibility index (Phi) is 6.18. The van der Waals surface area contributed by atoms with E-state index in [9.17, 15) is 14.3 Å². The number of thiazole rings is 1. The van der Waals surface area contributed by atoms with Gasteiger partial charge < -0.3 is 10.4 Å². The summed E-state index contributed by atoms with van der Waals surface area (Å²) >= 11 is 3.02. The molecule has 0 bridgehead atoms. The first kappa shape index (κ1) is 18.8. The van der Waals surface area contributed by atoms with Crippen LogP contribution in [0.1, 0.15) is 32.9 Å². The molecule has 0 spiro atoms. The van der Waals surface area contributed by atoms with Crippen molar-refractivity contribution in [1.29, 1.82) is 0 Å². The Morgan fingerprint density at radius 3 is 2.81 bits per heavy atom. The molecular weight excluding hydrogens is 373 g/mol. The number of nitrogens with zero attached hydrogens (tertiary/aromatic N) is 2. The third-order valence-corrected chi connectivity index (χ3v) is 5.75. The van der Waals surface area contributed by atoms with Crippen LogP contribution in [0.15, 0.2) is 34.8 Å². The van der Waals surface area contributed by atoms with Crippen molar-refractivity contribution in [3.05, 3.63) is 56.8 Å². The van der Waals surface area contributed by atoms with Crippen molar-refractivity contribution in [2.45, 2.75) is 13.5 Å². The Balaban J connectivity index is 1.81. The van der Waals surface area contributed by atoms with E-state index in [0.29, 0.717) is 10.6 Å². The highest BCUT2D eigenvalue weighted by atomic mass is 32.2. The third kappa shape index (κ3) is 4.57. The van der Waals surface area contributed by atoms with Gasteiger partial charge in [-0.2, -0.15) is 0 Å². The summed E-state index contributed by atoms with van der Waals surface area (Å²) in [5, 5.41) is 13.7. The number of halogens is 1. The molecule has 5 nitrogen and oxygen atoms in total. The van der Waals surface area contributed by atoms with Crippen LogP contribution in [0, 0.1) is 5.82 Å². The molecule has 1 aliphatic heterocycles. The Hall–Kier alpha value is -2.03. The smallest absolute Gasteiger partial charge is 0.271 e. The molecule has 2 aromatic rings. The van der Waals surface area contributed by atoms with E-state index < -0.39 is 0 Å². The van der Waals surface area contributed by atoms with Gasteiger partial charge in [0.15, 0.2) is 0 Å². The molecule has 0 unspecified atom stereocenters. The average molecular weight is 391 g/mol. The lowest BCUT2D eigenvalue weighted by atomic mass is 10.2. The number of benzene rings is 1. The van der Waals surface area contributed by atoms with Crippen LogP contribution in [0.25, 0.3) is 6.08 Å². The molecule has 2 heterocycles. The van der Waals surface area contributed by atoms with E-state index in [1.807, 2.05) is 0 Å². The minimum atomic E-state index is -0.314. The Morgan fingerprint density at radius 2 is 2.15 bits per heavy atom. The first-order valence-electron chi connectivity index (χ1n) is 8.06. The van der Waals surface area contributed by atoms with Crippen molar-refractivity contribution < 1.29 is 14.3 Å². The number of aliphatic hydroxyl groups excluding tert-OH is 1. The number of nitrogens with one attached hydrogen (secondary N) is 1. The summed E-state index contributed by atoms with van der Waals surface area (Å²) in [6.45, 7) is 2.75. The van der Waals surface area contributed by atoms with E-state index in [1.165, 1.54) is 23.5 Å². The Morgan fingerprint density at radius 1 is 1.38 bits per heavy atom. The van der Waals surface area contributed by atoms with Gasteiger partial charge in [-0.15, -0.1) is 23.1 Å². The molecular formula is C18H18FN3O2S2. The number of hydrogen-bond donors (Lipinski definition) is 2. The maximum absolute atomic E-state index is 13.0. The lowest BCUT2D eigenvalue weighted by molar-refractivity contribution is 0.0946. The van der Waals surface area contributed by atoms with Gasteiger partial charge in [-0.3, -0.25) is 9.79 Å². The average Bonchev–Trinajstić information content (AvgIpc) is 3.30. The number of thioether (sulfide) groups is 1. The summed E-state index contributed by atoms with van der Waals surface area (Å²) in [7, 11) is 0. The van der Waals surface area contributed by atoms with Crippen molar-refractivity contribution in [2.75, 3.05) is 18.9 Å². The zero-order valence-electron chi connectivity index (χ0n) is 14.2. The summed E-state index contributed by atoms with van der Waals surface area (Å²) in [6, 6.07) is 5.97. The first-order valence-corrected chi connectivity index (χ1v) is 9.86. The van der Waals surface area contributed by atoms with Crippen LogP contribution in [-0.2, 0) is 6.54 Å². The summed E-state index contributed by atoms with van der Waals surface area (Å²) in [5.41, 5.74) is 1.86. The summed E-state index contributed by atoms with van der Waals surface area (Å²) < 4.78 is 13.0. The molecule has 2 N–H and O–H groups in total. The number of rotatable bonds is 6. The Labute approximate surface area is 159 Å². The predicted molar refractivity (Wildman–Crippen MR) is 104 cm³/mol. The highest BCUT2D eigenvalue weighted by molar-refractivity contribution is 8.14. The van der Waals surface area contributed by atoms with Crippen LogP contribution >= 0.6 is 23.1 Å². The molecule has 1 aliphatic rings. The molecule has 3 rings (SSSR count). The molecule has 8 heteroatoms. The Bertz CT molecular complexity index is 860. The van der Waals surface area contributed by atoms with Crippen molar-refractivity contribution in [1.82, 2.24) is 10.3 Å². The number of carbonyl (C=O) groups excluding carboxylic acids is 1. The molecule has 0 saturated carbocycles. The number of aromatic nitrogens is 1. The van der Waals surface area contributed by atoms with Crippen LogP contribution < -0.4 is 5.32 Å². The predicted octanol–water partition coefficient (Wildman–Crippen LogP) is 3.10. The summed E-state index contributed by atoms with van der Waals surface area (Å²) in [4.78, 5) is 22.2. The fourth-order valence-corrected chi connectivity index (χ4v) is 4.31. The molecule has 1 aromatic carbocycles. The summed E-state index contributed by atoms with van der Waals surface area (Å²) in [5.74, 6) is 0.297. The summed E-state index contributed by atoms with van der Waals surface area (Å²) in [6.07, 6.45) is 1.77. The third-order valence-electron chi connectivity index (χ3n) is 3.63. The van der Waals surface area contributed by atoms with E-state index in [2.05, 4.69) is 15.3 Å². The van der Waals surface area contributed by atoms with E-state index in [-0.39, 0.29) is 24.9 Å². The molecule has 136 valence electrons. The number of aliphatic hydroxyl groups is 1. The standard InChI is InChI=1S/C18H18FN3O2S2/c1-11(10-23)8-14-15(22-18(26-14)17-20-6-7-25-17)16(24)21-9-12-2-4-13(19)5-3-12/h2-5,8,23H,6-7,9-10H2,1H3,(H,21,24)/b11-8+. The number of aliphatic imine (C=N–C) groups is 1. The maximum Gasteiger partial charge on any atom is 0.271 e. The molecule has 0 saturated heterocycles. The van der Waals surface area contributed by atoms with Crippen molar-refractivity contribution in [2.24, 2.45) is 4.99 Å². The number of amides is 1. The van der Waals surface area contributed by atoms with E-state index in [1.54, 1.807) is 36.9 Å². The van der Waals surface area contributed by atoms with Gasteiger partial charge >= 0.3 is 0 Å². The maximum atomic E-state index is 13.0. The van der Waals surface area contributed by atoms with Gasteiger partial charge in [-0.05, 0) is 36.3 Å². The van der Waals surface area contributed by atoms with Gasteiger partial charge in [0.05, 0.1) is 11.5 Å². The van der Waals surface area contributed by atoms with Crippen molar-refractivity contribution in [3.63, 3.8) is 0 Å². The van der Waals surface area contributed by atoms with E-state index in [0.717, 1.165) is 33.5 Å². The van der Waals surface area contributed by atoms with Gasteiger partial charge in [0, 0.05) is 18.8 Å². The van der Waals surface area contributed by atoms with E-state index in [4.69, 9.17) is 0 Å². The molecule has 0 aliphatic carbocycles. The van der Waals surface area contributed by atoms with Crippen LogP contribution in [0.4, 0.5) is 4.39 Å². The monoisotopic (exact) mass is 391 g/mol. The molecule has 0 atom stereocenters. The lowest BCUT2D eigenvalue weighted by Crippen LogP contribution is -2.24. The van der Waals surface area contributed by atoms with Gasteiger partial charge in [0.2, 0.25) is 0 Å². The van der Waals surface area contributed by atoms with E-state index >= 15 is 0 Å². The zero-order valence-corrected chi connectivity index (χ0v) is 15.8. The molecule has 0 fully saturated rings.